The van der Waals surface area contributed by atoms with Crippen LogP contribution < -0.4 is 4.74 Å². The van der Waals surface area contributed by atoms with Gasteiger partial charge >= 0.3 is 0 Å². The summed E-state index contributed by atoms with van der Waals surface area (Å²) in [5.41, 5.74) is 3.72. The highest BCUT2D eigenvalue weighted by Gasteiger charge is 2.30. The summed E-state index contributed by atoms with van der Waals surface area (Å²) in [6, 6.07) is 15.9. The number of hydrogen-bond acceptors (Lipinski definition) is 6. The Morgan fingerprint density at radius 3 is 2.66 bits per heavy atom. The van der Waals surface area contributed by atoms with Gasteiger partial charge in [0, 0.05) is 56.6 Å². The van der Waals surface area contributed by atoms with Gasteiger partial charge in [0.05, 0.1) is 13.2 Å². The summed E-state index contributed by atoms with van der Waals surface area (Å²) in [6.07, 6.45) is 5.23. The minimum absolute atomic E-state index is 0.0758. The molecule has 2 aliphatic heterocycles. The third-order valence-corrected chi connectivity index (χ3v) is 6.83. The number of hydrogen-bond donors (Lipinski definition) is 0. The van der Waals surface area contributed by atoms with Crippen molar-refractivity contribution < 1.29 is 14.3 Å². The van der Waals surface area contributed by atoms with E-state index in [0.29, 0.717) is 12.4 Å². The molecule has 1 atom stereocenters. The Labute approximate surface area is 206 Å². The molecule has 0 aliphatic carbocycles. The van der Waals surface area contributed by atoms with Crippen LogP contribution in [0.2, 0.25) is 0 Å². The van der Waals surface area contributed by atoms with E-state index in [1.54, 1.807) is 12.4 Å². The van der Waals surface area contributed by atoms with Crippen LogP contribution in [0.15, 0.2) is 60.9 Å². The maximum atomic E-state index is 13.7. The van der Waals surface area contributed by atoms with Crippen molar-refractivity contribution in [2.24, 2.45) is 0 Å². The van der Waals surface area contributed by atoms with E-state index in [2.05, 4.69) is 20.9 Å². The fraction of sp³-hybridized carbons (Fsp3) is 0.393. The smallest absolute Gasteiger partial charge is 0.254 e. The van der Waals surface area contributed by atoms with Crippen molar-refractivity contribution in [2.45, 2.75) is 32.2 Å². The van der Waals surface area contributed by atoms with Gasteiger partial charge in [-0.1, -0.05) is 36.4 Å². The fourth-order valence-electron chi connectivity index (χ4n) is 4.89. The normalized spacial score (nSPS) is 18.9. The van der Waals surface area contributed by atoms with Gasteiger partial charge in [0.2, 0.25) is 5.88 Å². The third-order valence-electron chi connectivity index (χ3n) is 6.83. The van der Waals surface area contributed by atoms with Crippen LogP contribution in [0.1, 0.15) is 45.9 Å². The fourth-order valence-corrected chi connectivity index (χ4v) is 4.89. The molecule has 2 fully saturated rings. The Kier molecular flexibility index (Phi) is 7.35. The summed E-state index contributed by atoms with van der Waals surface area (Å²) in [4.78, 5) is 27.1. The molecule has 0 bridgehead atoms. The Balaban J connectivity index is 1.33. The number of rotatable bonds is 6. The number of morpholine rings is 1. The number of amides is 1. The molecule has 2 aliphatic rings. The topological polar surface area (TPSA) is 67.8 Å². The summed E-state index contributed by atoms with van der Waals surface area (Å²) >= 11 is 0. The van der Waals surface area contributed by atoms with Gasteiger partial charge < -0.3 is 14.4 Å². The molecule has 0 radical (unpaired) electrons. The Bertz CT molecular complexity index is 1160. The van der Waals surface area contributed by atoms with E-state index in [0.717, 1.165) is 80.4 Å². The number of carbonyl (C=O) groups is 1. The van der Waals surface area contributed by atoms with Crippen molar-refractivity contribution in [3.63, 3.8) is 0 Å². The molecule has 182 valence electrons. The molecule has 7 heteroatoms. The van der Waals surface area contributed by atoms with Crippen LogP contribution in [0, 0.1) is 6.92 Å². The molecule has 2 saturated heterocycles. The van der Waals surface area contributed by atoms with Gasteiger partial charge in [0.1, 0.15) is 11.4 Å². The Hall–Kier alpha value is -3.29. The first-order chi connectivity index (χ1) is 17.2. The number of carbonyl (C=O) groups excluding carboxylic acids is 1. The maximum Gasteiger partial charge on any atom is 0.254 e. The van der Waals surface area contributed by atoms with Crippen molar-refractivity contribution in [2.75, 3.05) is 39.4 Å². The molecule has 5 rings (SSSR count). The average Bonchev–Trinajstić information content (AvgIpc) is 2.91. The van der Waals surface area contributed by atoms with Gasteiger partial charge in [0.15, 0.2) is 0 Å². The quantitative estimate of drug-likeness (QED) is 0.529. The second-order valence-electron chi connectivity index (χ2n) is 9.25. The van der Waals surface area contributed by atoms with Gasteiger partial charge in [-0.3, -0.25) is 14.7 Å². The lowest BCUT2D eigenvalue weighted by molar-refractivity contribution is 0.0339. The lowest BCUT2D eigenvalue weighted by Crippen LogP contribution is -2.40. The SMILES string of the molecule is Cc1ccccc1Oc1nccnc1C1CCCN(C(=O)c2ccccc2CN2CCOCC2)C1. The number of piperidine rings is 1. The molecule has 7 nitrogen and oxygen atoms in total. The van der Waals surface area contributed by atoms with Gasteiger partial charge in [-0.2, -0.15) is 0 Å². The van der Waals surface area contributed by atoms with E-state index >= 15 is 0 Å². The van der Waals surface area contributed by atoms with Crippen LogP contribution in [0.5, 0.6) is 11.6 Å². The standard InChI is InChI=1S/C28H32N4O3/c1-21-7-2-5-11-25(21)35-27-26(29-12-13-30-27)23-9-6-14-32(20-23)28(33)24-10-4-3-8-22(24)19-31-15-17-34-18-16-31/h2-5,7-8,10-13,23H,6,9,14-20H2,1H3. The highest BCUT2D eigenvalue weighted by Crippen LogP contribution is 2.34. The zero-order valence-electron chi connectivity index (χ0n) is 20.2. The number of aromatic nitrogens is 2. The molecule has 35 heavy (non-hydrogen) atoms. The van der Waals surface area contributed by atoms with Gasteiger partial charge in [-0.15, -0.1) is 0 Å². The van der Waals surface area contributed by atoms with E-state index in [4.69, 9.17) is 9.47 Å². The number of nitrogens with zero attached hydrogens (tertiary/aromatic N) is 4. The summed E-state index contributed by atoms with van der Waals surface area (Å²) in [7, 11) is 0. The molecule has 0 saturated carbocycles. The van der Waals surface area contributed by atoms with Crippen LogP contribution in [-0.4, -0.2) is 65.1 Å². The summed E-state index contributed by atoms with van der Waals surface area (Å²) in [5.74, 6) is 1.46. The van der Waals surface area contributed by atoms with Gasteiger partial charge in [-0.25, -0.2) is 4.98 Å². The number of para-hydroxylation sites is 1. The Morgan fingerprint density at radius 2 is 1.80 bits per heavy atom. The molecule has 3 aromatic rings. The zero-order chi connectivity index (χ0) is 24.0. The molecular weight excluding hydrogens is 440 g/mol. The minimum atomic E-state index is 0.0758. The minimum Gasteiger partial charge on any atom is -0.437 e. The van der Waals surface area contributed by atoms with E-state index < -0.39 is 0 Å². The van der Waals surface area contributed by atoms with Crippen molar-refractivity contribution >= 4 is 5.91 Å². The second-order valence-corrected chi connectivity index (χ2v) is 9.25. The first-order valence-corrected chi connectivity index (χ1v) is 12.4. The molecule has 0 spiro atoms. The Morgan fingerprint density at radius 1 is 1.03 bits per heavy atom. The number of likely N-dealkylation sites (tertiary alicyclic amines) is 1. The lowest BCUT2D eigenvalue weighted by atomic mass is 9.93. The van der Waals surface area contributed by atoms with E-state index in [-0.39, 0.29) is 11.8 Å². The van der Waals surface area contributed by atoms with Crippen molar-refractivity contribution in [3.05, 3.63) is 83.3 Å². The van der Waals surface area contributed by atoms with Crippen LogP contribution >= 0.6 is 0 Å². The molecular formula is C28H32N4O3. The van der Waals surface area contributed by atoms with E-state index in [1.807, 2.05) is 54.3 Å². The van der Waals surface area contributed by atoms with Crippen LogP contribution in [0.4, 0.5) is 0 Å². The number of ether oxygens (including phenoxy) is 2. The zero-order valence-corrected chi connectivity index (χ0v) is 20.2. The predicted molar refractivity (Wildman–Crippen MR) is 134 cm³/mol. The summed E-state index contributed by atoms with van der Waals surface area (Å²) in [5, 5.41) is 0. The van der Waals surface area contributed by atoms with Crippen LogP contribution in [0.3, 0.4) is 0 Å². The molecule has 1 unspecified atom stereocenters. The summed E-state index contributed by atoms with van der Waals surface area (Å²) in [6.45, 7) is 7.41. The first kappa shape index (κ1) is 23.5. The molecule has 3 heterocycles. The largest absolute Gasteiger partial charge is 0.437 e. The van der Waals surface area contributed by atoms with Crippen LogP contribution in [-0.2, 0) is 11.3 Å². The highest BCUT2D eigenvalue weighted by atomic mass is 16.5. The third kappa shape index (κ3) is 5.52. The highest BCUT2D eigenvalue weighted by molar-refractivity contribution is 5.95. The van der Waals surface area contributed by atoms with Crippen molar-refractivity contribution in [1.29, 1.82) is 0 Å². The predicted octanol–water partition coefficient (Wildman–Crippen LogP) is 4.43. The lowest BCUT2D eigenvalue weighted by Gasteiger charge is -2.33. The van der Waals surface area contributed by atoms with Crippen molar-refractivity contribution in [3.8, 4) is 11.6 Å². The summed E-state index contributed by atoms with van der Waals surface area (Å²) < 4.78 is 11.7. The van der Waals surface area contributed by atoms with E-state index in [9.17, 15) is 4.79 Å². The monoisotopic (exact) mass is 472 g/mol. The number of benzene rings is 2. The molecule has 2 aromatic carbocycles. The second kappa shape index (κ2) is 11.0. The molecule has 0 N–H and O–H groups in total. The van der Waals surface area contributed by atoms with Gasteiger partial charge in [0.25, 0.3) is 5.91 Å². The average molecular weight is 473 g/mol. The first-order valence-electron chi connectivity index (χ1n) is 12.4. The van der Waals surface area contributed by atoms with Crippen molar-refractivity contribution in [1.82, 2.24) is 19.8 Å². The maximum absolute atomic E-state index is 13.7. The van der Waals surface area contributed by atoms with Crippen LogP contribution in [0.25, 0.3) is 0 Å². The van der Waals surface area contributed by atoms with Gasteiger partial charge in [-0.05, 0) is 43.0 Å². The number of aryl methyl sites for hydroxylation is 1. The molecule has 1 amide bonds. The molecule has 1 aromatic heterocycles. The van der Waals surface area contributed by atoms with E-state index in [1.165, 1.54) is 0 Å².